The van der Waals surface area contributed by atoms with Crippen molar-refractivity contribution >= 4 is 11.6 Å². The summed E-state index contributed by atoms with van der Waals surface area (Å²) in [5.41, 5.74) is 1.85. The number of carbonyl (C=O) groups is 1. The van der Waals surface area contributed by atoms with Crippen LogP contribution < -0.4 is 10.2 Å². The molecule has 0 bridgehead atoms. The molecule has 2 N–H and O–H groups in total. The van der Waals surface area contributed by atoms with Crippen LogP contribution in [-0.2, 0) is 4.79 Å². The summed E-state index contributed by atoms with van der Waals surface area (Å²) in [6, 6.07) is 7.68. The van der Waals surface area contributed by atoms with Crippen LogP contribution in [0.5, 0.6) is 0 Å². The molecule has 1 heterocycles. The van der Waals surface area contributed by atoms with Gasteiger partial charge >= 0.3 is 0 Å². The van der Waals surface area contributed by atoms with Crippen LogP contribution in [0.1, 0.15) is 18.1 Å². The zero-order chi connectivity index (χ0) is 13.0. The van der Waals surface area contributed by atoms with Crippen LogP contribution in [0.2, 0.25) is 0 Å². The van der Waals surface area contributed by atoms with E-state index in [0.717, 1.165) is 11.3 Å². The maximum atomic E-state index is 11.7. The van der Waals surface area contributed by atoms with Gasteiger partial charge in [-0.15, -0.1) is 6.58 Å². The van der Waals surface area contributed by atoms with Crippen LogP contribution in [0.15, 0.2) is 36.9 Å². The van der Waals surface area contributed by atoms with Crippen molar-refractivity contribution in [1.29, 1.82) is 0 Å². The molecule has 4 nitrogen and oxygen atoms in total. The van der Waals surface area contributed by atoms with Crippen molar-refractivity contribution in [3.8, 4) is 0 Å². The number of aliphatic hydroxyl groups excluding tert-OH is 1. The maximum absolute atomic E-state index is 11.7. The quantitative estimate of drug-likeness (QED) is 0.786. The Bertz CT molecular complexity index is 445. The number of hydrogen-bond acceptors (Lipinski definition) is 3. The van der Waals surface area contributed by atoms with E-state index in [9.17, 15) is 9.90 Å². The van der Waals surface area contributed by atoms with E-state index >= 15 is 0 Å². The SMILES string of the molecule is C=CCNC(=O)CN1CCC(O)c2ccccc21. The second-order valence-electron chi connectivity index (χ2n) is 4.38. The molecule has 0 saturated heterocycles. The molecule has 1 aromatic rings. The second-order valence-corrected chi connectivity index (χ2v) is 4.38. The van der Waals surface area contributed by atoms with E-state index in [-0.39, 0.29) is 5.91 Å². The number of nitrogens with zero attached hydrogens (tertiary/aromatic N) is 1. The molecule has 1 unspecified atom stereocenters. The largest absolute Gasteiger partial charge is 0.388 e. The van der Waals surface area contributed by atoms with Gasteiger partial charge in [0.2, 0.25) is 5.91 Å². The monoisotopic (exact) mass is 246 g/mol. The molecule has 0 fully saturated rings. The molecule has 4 heteroatoms. The van der Waals surface area contributed by atoms with Gasteiger partial charge in [0.05, 0.1) is 12.6 Å². The van der Waals surface area contributed by atoms with Gasteiger partial charge in [0, 0.05) is 24.3 Å². The van der Waals surface area contributed by atoms with Gasteiger partial charge in [0.1, 0.15) is 0 Å². The Labute approximate surface area is 107 Å². The third-order valence-corrected chi connectivity index (χ3v) is 3.09. The molecule has 1 atom stereocenters. The van der Waals surface area contributed by atoms with E-state index in [2.05, 4.69) is 11.9 Å². The smallest absolute Gasteiger partial charge is 0.239 e. The average molecular weight is 246 g/mol. The Hall–Kier alpha value is -1.81. The first-order valence-electron chi connectivity index (χ1n) is 6.12. The molecule has 1 aliphatic rings. The van der Waals surface area contributed by atoms with Crippen molar-refractivity contribution < 1.29 is 9.90 Å². The molecular weight excluding hydrogens is 228 g/mol. The molecule has 18 heavy (non-hydrogen) atoms. The normalized spacial score (nSPS) is 18.1. The Morgan fingerprint density at radius 3 is 3.11 bits per heavy atom. The van der Waals surface area contributed by atoms with Crippen molar-refractivity contribution in [2.75, 3.05) is 24.5 Å². The summed E-state index contributed by atoms with van der Waals surface area (Å²) < 4.78 is 0. The topological polar surface area (TPSA) is 52.6 Å². The number of aliphatic hydroxyl groups is 1. The highest BCUT2D eigenvalue weighted by atomic mass is 16.3. The molecule has 0 spiro atoms. The molecule has 0 saturated carbocycles. The summed E-state index contributed by atoms with van der Waals surface area (Å²) in [7, 11) is 0. The van der Waals surface area contributed by atoms with Gasteiger partial charge < -0.3 is 15.3 Å². The Morgan fingerprint density at radius 1 is 1.56 bits per heavy atom. The number of fused-ring (bicyclic) bond motifs is 1. The Kier molecular flexibility index (Phi) is 3.99. The van der Waals surface area contributed by atoms with Gasteiger partial charge in [-0.3, -0.25) is 4.79 Å². The fourth-order valence-corrected chi connectivity index (χ4v) is 2.19. The lowest BCUT2D eigenvalue weighted by molar-refractivity contribution is -0.119. The highest BCUT2D eigenvalue weighted by Gasteiger charge is 2.24. The van der Waals surface area contributed by atoms with Crippen molar-refractivity contribution in [3.05, 3.63) is 42.5 Å². The Morgan fingerprint density at radius 2 is 2.33 bits per heavy atom. The minimum absolute atomic E-state index is 0.0268. The van der Waals surface area contributed by atoms with Gasteiger partial charge in [-0.05, 0) is 12.5 Å². The predicted molar refractivity (Wildman–Crippen MR) is 71.4 cm³/mol. The zero-order valence-corrected chi connectivity index (χ0v) is 10.3. The summed E-state index contributed by atoms with van der Waals surface area (Å²) in [6.07, 6.45) is 1.89. The van der Waals surface area contributed by atoms with E-state index in [1.165, 1.54) is 0 Å². The number of rotatable bonds is 4. The lowest BCUT2D eigenvalue weighted by Gasteiger charge is -2.33. The average Bonchev–Trinajstić information content (AvgIpc) is 2.40. The van der Waals surface area contributed by atoms with Crippen LogP contribution in [0.25, 0.3) is 0 Å². The number of amides is 1. The molecule has 1 aliphatic heterocycles. The van der Waals surface area contributed by atoms with Crippen LogP contribution in [0, 0.1) is 0 Å². The highest BCUT2D eigenvalue weighted by Crippen LogP contribution is 2.32. The number of carbonyl (C=O) groups excluding carboxylic acids is 1. The lowest BCUT2D eigenvalue weighted by atomic mass is 9.99. The standard InChI is InChI=1S/C14H18N2O2/c1-2-8-15-14(18)10-16-9-7-13(17)11-5-3-4-6-12(11)16/h2-6,13,17H,1,7-10H2,(H,15,18). The van der Waals surface area contributed by atoms with Crippen molar-refractivity contribution in [2.24, 2.45) is 0 Å². The number of benzene rings is 1. The van der Waals surface area contributed by atoms with E-state index in [4.69, 9.17) is 0 Å². The van der Waals surface area contributed by atoms with Crippen LogP contribution >= 0.6 is 0 Å². The lowest BCUT2D eigenvalue weighted by Crippen LogP contribution is -2.40. The number of para-hydroxylation sites is 1. The first kappa shape index (κ1) is 12.6. The molecule has 0 radical (unpaired) electrons. The number of anilines is 1. The van der Waals surface area contributed by atoms with Gasteiger partial charge in [-0.1, -0.05) is 24.3 Å². The predicted octanol–water partition coefficient (Wildman–Crippen LogP) is 1.23. The highest BCUT2D eigenvalue weighted by molar-refractivity contribution is 5.82. The van der Waals surface area contributed by atoms with E-state index in [1.807, 2.05) is 29.2 Å². The van der Waals surface area contributed by atoms with Crippen LogP contribution in [0.4, 0.5) is 5.69 Å². The maximum Gasteiger partial charge on any atom is 0.239 e. The third kappa shape index (κ3) is 2.71. The van der Waals surface area contributed by atoms with Crippen LogP contribution in [-0.4, -0.2) is 30.6 Å². The molecule has 1 aromatic carbocycles. The molecule has 2 rings (SSSR count). The van der Waals surface area contributed by atoms with Crippen LogP contribution in [0.3, 0.4) is 0 Å². The molecule has 0 aliphatic carbocycles. The zero-order valence-electron chi connectivity index (χ0n) is 10.3. The van der Waals surface area contributed by atoms with Gasteiger partial charge in [0.15, 0.2) is 0 Å². The molecule has 96 valence electrons. The first-order valence-corrected chi connectivity index (χ1v) is 6.12. The molecule has 0 aromatic heterocycles. The Balaban J connectivity index is 2.09. The minimum Gasteiger partial charge on any atom is -0.388 e. The van der Waals surface area contributed by atoms with Crippen molar-refractivity contribution in [3.63, 3.8) is 0 Å². The van der Waals surface area contributed by atoms with Crippen molar-refractivity contribution in [2.45, 2.75) is 12.5 Å². The first-order chi connectivity index (χ1) is 8.72. The molecule has 1 amide bonds. The number of hydrogen-bond donors (Lipinski definition) is 2. The van der Waals surface area contributed by atoms with E-state index in [0.29, 0.717) is 26.1 Å². The summed E-state index contributed by atoms with van der Waals surface area (Å²) in [5.74, 6) is -0.0268. The van der Waals surface area contributed by atoms with E-state index < -0.39 is 6.10 Å². The number of nitrogens with one attached hydrogen (secondary N) is 1. The summed E-state index contributed by atoms with van der Waals surface area (Å²) in [4.78, 5) is 13.7. The van der Waals surface area contributed by atoms with E-state index in [1.54, 1.807) is 6.08 Å². The van der Waals surface area contributed by atoms with Gasteiger partial charge in [-0.25, -0.2) is 0 Å². The molecular formula is C14H18N2O2. The van der Waals surface area contributed by atoms with Gasteiger partial charge in [-0.2, -0.15) is 0 Å². The minimum atomic E-state index is -0.423. The summed E-state index contributed by atoms with van der Waals surface area (Å²) in [6.45, 7) is 5.06. The fraction of sp³-hybridized carbons (Fsp3) is 0.357. The third-order valence-electron chi connectivity index (χ3n) is 3.09. The summed E-state index contributed by atoms with van der Waals surface area (Å²) >= 11 is 0. The van der Waals surface area contributed by atoms with Gasteiger partial charge in [0.25, 0.3) is 0 Å². The summed E-state index contributed by atoms with van der Waals surface area (Å²) in [5, 5.41) is 12.7. The second kappa shape index (κ2) is 5.69. The fourth-order valence-electron chi connectivity index (χ4n) is 2.19. The van der Waals surface area contributed by atoms with Crippen molar-refractivity contribution in [1.82, 2.24) is 5.32 Å².